The van der Waals surface area contributed by atoms with Gasteiger partial charge in [-0.25, -0.2) is 9.37 Å². The van der Waals surface area contributed by atoms with Crippen molar-refractivity contribution in [2.45, 2.75) is 13.0 Å². The van der Waals surface area contributed by atoms with Crippen LogP contribution < -0.4 is 20.3 Å². The standard InChI is InChI=1S/C23H19FN4O4/c1-13(14-2-5-16(24)6-3-14)25-22(29)18-12-28-11-17(27-23(30)21(28)26-18)15-4-7-19-20(10-15)32-9-8-31-19/h2-7,10-13H,8-9H2,1H3,(H,25,29)(H,27,30)/t13-/m0/s1. The smallest absolute Gasteiger partial charge is 0.292 e. The maximum atomic E-state index is 13.1. The average Bonchev–Trinajstić information content (AvgIpc) is 3.24. The van der Waals surface area contributed by atoms with Crippen LogP contribution >= 0.6 is 0 Å². The van der Waals surface area contributed by atoms with Crippen LogP contribution in [0.15, 0.2) is 59.7 Å². The Morgan fingerprint density at radius 1 is 1.12 bits per heavy atom. The van der Waals surface area contributed by atoms with Crippen molar-refractivity contribution in [3.63, 3.8) is 0 Å². The van der Waals surface area contributed by atoms with Crippen LogP contribution in [0.25, 0.3) is 16.9 Å². The number of amides is 1. The number of halogens is 1. The maximum Gasteiger partial charge on any atom is 0.292 e. The van der Waals surface area contributed by atoms with E-state index >= 15 is 0 Å². The Morgan fingerprint density at radius 3 is 2.66 bits per heavy atom. The van der Waals surface area contributed by atoms with Gasteiger partial charge in [0.15, 0.2) is 11.5 Å². The number of aromatic amines is 1. The summed E-state index contributed by atoms with van der Waals surface area (Å²) in [5, 5.41) is 2.81. The third-order valence-electron chi connectivity index (χ3n) is 5.26. The van der Waals surface area contributed by atoms with Gasteiger partial charge in [-0.1, -0.05) is 12.1 Å². The predicted octanol–water partition coefficient (Wildman–Crippen LogP) is 3.09. The largest absolute Gasteiger partial charge is 0.486 e. The average molecular weight is 434 g/mol. The molecule has 2 N–H and O–H groups in total. The molecule has 1 atom stereocenters. The number of nitrogens with one attached hydrogen (secondary N) is 2. The highest BCUT2D eigenvalue weighted by Crippen LogP contribution is 2.33. The molecule has 0 spiro atoms. The van der Waals surface area contributed by atoms with Gasteiger partial charge in [0.05, 0.1) is 11.7 Å². The van der Waals surface area contributed by atoms with Crippen LogP contribution in [0.1, 0.15) is 29.0 Å². The summed E-state index contributed by atoms with van der Waals surface area (Å²) in [6.07, 6.45) is 3.19. The fraction of sp³-hybridized carbons (Fsp3) is 0.174. The van der Waals surface area contributed by atoms with Crippen molar-refractivity contribution in [3.05, 3.63) is 82.3 Å². The van der Waals surface area contributed by atoms with Crippen molar-refractivity contribution in [1.29, 1.82) is 0 Å². The molecule has 32 heavy (non-hydrogen) atoms. The van der Waals surface area contributed by atoms with E-state index in [4.69, 9.17) is 9.47 Å². The molecular formula is C23H19FN4O4. The number of hydrogen-bond acceptors (Lipinski definition) is 5. The van der Waals surface area contributed by atoms with E-state index in [-0.39, 0.29) is 23.2 Å². The lowest BCUT2D eigenvalue weighted by molar-refractivity contribution is 0.0935. The van der Waals surface area contributed by atoms with Gasteiger partial charge in [-0.15, -0.1) is 0 Å². The number of carbonyl (C=O) groups is 1. The number of carbonyl (C=O) groups excluding carboxylic acids is 1. The third-order valence-corrected chi connectivity index (χ3v) is 5.26. The number of nitrogens with zero attached hydrogens (tertiary/aromatic N) is 2. The third kappa shape index (κ3) is 3.68. The van der Waals surface area contributed by atoms with Crippen LogP contribution in [0, 0.1) is 5.82 Å². The molecular weight excluding hydrogens is 415 g/mol. The first kappa shape index (κ1) is 19.8. The van der Waals surface area contributed by atoms with E-state index in [1.165, 1.54) is 22.7 Å². The van der Waals surface area contributed by atoms with Crippen LogP contribution in [0.5, 0.6) is 11.5 Å². The molecule has 5 rings (SSSR count). The van der Waals surface area contributed by atoms with Crippen molar-refractivity contribution in [1.82, 2.24) is 19.7 Å². The molecule has 0 radical (unpaired) electrons. The Morgan fingerprint density at radius 2 is 1.88 bits per heavy atom. The van der Waals surface area contributed by atoms with Crippen LogP contribution in [0.3, 0.4) is 0 Å². The maximum absolute atomic E-state index is 13.1. The molecule has 2 aromatic heterocycles. The molecule has 0 saturated heterocycles. The van der Waals surface area contributed by atoms with E-state index < -0.39 is 11.5 Å². The monoisotopic (exact) mass is 434 g/mol. The molecule has 1 aliphatic heterocycles. The Bertz CT molecular complexity index is 1380. The first-order chi connectivity index (χ1) is 15.5. The highest BCUT2D eigenvalue weighted by molar-refractivity contribution is 5.93. The van der Waals surface area contributed by atoms with Gasteiger partial charge >= 0.3 is 0 Å². The zero-order valence-electron chi connectivity index (χ0n) is 17.1. The summed E-state index contributed by atoms with van der Waals surface area (Å²) in [5.74, 6) is 0.474. The van der Waals surface area contributed by atoms with Gasteiger partial charge in [0, 0.05) is 18.0 Å². The van der Waals surface area contributed by atoms with E-state index in [1.807, 2.05) is 6.07 Å². The fourth-order valence-electron chi connectivity index (χ4n) is 3.58. The highest BCUT2D eigenvalue weighted by Gasteiger charge is 2.18. The quantitative estimate of drug-likeness (QED) is 0.515. The molecule has 4 aromatic rings. The van der Waals surface area contributed by atoms with Gasteiger partial charge in [0.25, 0.3) is 11.5 Å². The van der Waals surface area contributed by atoms with Gasteiger partial charge < -0.3 is 19.8 Å². The second-order valence-electron chi connectivity index (χ2n) is 7.46. The molecule has 0 bridgehead atoms. The first-order valence-corrected chi connectivity index (χ1v) is 10.1. The number of imidazole rings is 1. The minimum absolute atomic E-state index is 0.101. The lowest BCUT2D eigenvalue weighted by Crippen LogP contribution is -2.27. The molecule has 2 aromatic carbocycles. The van der Waals surface area contributed by atoms with E-state index in [1.54, 1.807) is 37.4 Å². The summed E-state index contributed by atoms with van der Waals surface area (Å²) in [5.41, 5.74) is 1.81. The zero-order chi connectivity index (χ0) is 22.2. The number of benzene rings is 2. The van der Waals surface area contributed by atoms with Crippen molar-refractivity contribution in [2.24, 2.45) is 0 Å². The first-order valence-electron chi connectivity index (χ1n) is 10.1. The summed E-state index contributed by atoms with van der Waals surface area (Å²) in [7, 11) is 0. The minimum atomic E-state index is -0.439. The summed E-state index contributed by atoms with van der Waals surface area (Å²) in [6.45, 7) is 2.74. The molecule has 1 aliphatic rings. The van der Waals surface area contributed by atoms with Crippen LogP contribution in [0.2, 0.25) is 0 Å². The zero-order valence-corrected chi connectivity index (χ0v) is 17.1. The molecule has 9 heteroatoms. The van der Waals surface area contributed by atoms with Gasteiger partial charge in [-0.2, -0.15) is 0 Å². The van der Waals surface area contributed by atoms with E-state index in [2.05, 4.69) is 15.3 Å². The van der Waals surface area contributed by atoms with Gasteiger partial charge in [-0.3, -0.25) is 14.0 Å². The molecule has 0 fully saturated rings. The van der Waals surface area contributed by atoms with Crippen LogP contribution in [0.4, 0.5) is 4.39 Å². The summed E-state index contributed by atoms with van der Waals surface area (Å²) in [4.78, 5) is 32.3. The van der Waals surface area contributed by atoms with E-state index in [0.717, 1.165) is 11.1 Å². The number of fused-ring (bicyclic) bond motifs is 2. The SMILES string of the molecule is C[C@H](NC(=O)c1cn2cc(-c3ccc4c(c3)OCCO4)[nH]c(=O)c2n1)c1ccc(F)cc1. The topological polar surface area (TPSA) is 97.7 Å². The summed E-state index contributed by atoms with van der Waals surface area (Å²) in [6, 6.07) is 10.9. The lowest BCUT2D eigenvalue weighted by Gasteiger charge is -2.18. The second-order valence-corrected chi connectivity index (χ2v) is 7.46. The molecule has 1 amide bonds. The summed E-state index contributed by atoms with van der Waals surface area (Å²) >= 11 is 0. The molecule has 3 heterocycles. The Labute approximate surface area is 181 Å². The Hall–Kier alpha value is -4.14. The number of ether oxygens (including phenoxy) is 2. The highest BCUT2D eigenvalue weighted by atomic mass is 19.1. The van der Waals surface area contributed by atoms with Crippen LogP contribution in [-0.2, 0) is 0 Å². The molecule has 162 valence electrons. The number of rotatable bonds is 4. The van der Waals surface area contributed by atoms with Crippen molar-refractivity contribution in [3.8, 4) is 22.8 Å². The fourth-order valence-corrected chi connectivity index (χ4v) is 3.58. The van der Waals surface area contributed by atoms with E-state index in [9.17, 15) is 14.0 Å². The second kappa shape index (κ2) is 7.84. The molecule has 8 nitrogen and oxygen atoms in total. The lowest BCUT2D eigenvalue weighted by atomic mass is 10.1. The number of H-pyrrole nitrogens is 1. The Kier molecular flexibility index (Phi) is 4.85. The normalized spacial score (nSPS) is 13.7. The minimum Gasteiger partial charge on any atom is -0.486 e. The van der Waals surface area contributed by atoms with E-state index in [0.29, 0.717) is 30.4 Å². The Balaban J connectivity index is 1.43. The predicted molar refractivity (Wildman–Crippen MR) is 115 cm³/mol. The van der Waals surface area contributed by atoms with Gasteiger partial charge in [0.1, 0.15) is 24.7 Å². The van der Waals surface area contributed by atoms with Crippen molar-refractivity contribution < 1.29 is 18.7 Å². The van der Waals surface area contributed by atoms with Crippen molar-refractivity contribution >= 4 is 11.6 Å². The van der Waals surface area contributed by atoms with Gasteiger partial charge in [-0.05, 0) is 42.8 Å². The molecule has 0 saturated carbocycles. The van der Waals surface area contributed by atoms with Crippen LogP contribution in [-0.4, -0.2) is 33.5 Å². The van der Waals surface area contributed by atoms with Crippen molar-refractivity contribution in [2.75, 3.05) is 13.2 Å². The summed E-state index contributed by atoms with van der Waals surface area (Å²) < 4.78 is 25.8. The number of aromatic nitrogens is 3. The van der Waals surface area contributed by atoms with Gasteiger partial charge in [0.2, 0.25) is 5.65 Å². The molecule has 0 aliphatic carbocycles. The molecule has 0 unspecified atom stereocenters. The number of hydrogen-bond donors (Lipinski definition) is 2.